The van der Waals surface area contributed by atoms with Gasteiger partial charge in [-0.05, 0) is 52.9 Å². The number of anilines is 2. The SMILES string of the molecule is Nc1ccccc1NC(=O)c1ccc(CNC(=O)OCc2ccc(C3CC3NCc3ccccc3)cc2)cc1. The summed E-state index contributed by atoms with van der Waals surface area (Å²) in [7, 11) is 0. The Kier molecular flexibility index (Phi) is 8.19. The van der Waals surface area contributed by atoms with Gasteiger partial charge >= 0.3 is 6.09 Å². The number of benzene rings is 4. The van der Waals surface area contributed by atoms with Gasteiger partial charge in [-0.1, -0.05) is 78.9 Å². The summed E-state index contributed by atoms with van der Waals surface area (Å²) in [6.07, 6.45) is 0.645. The molecule has 7 heteroatoms. The van der Waals surface area contributed by atoms with Crippen molar-refractivity contribution in [1.29, 1.82) is 0 Å². The van der Waals surface area contributed by atoms with E-state index in [2.05, 4.69) is 52.3 Å². The fourth-order valence-corrected chi connectivity index (χ4v) is 4.45. The lowest BCUT2D eigenvalue weighted by Crippen LogP contribution is -2.23. The van der Waals surface area contributed by atoms with Crippen molar-refractivity contribution in [2.45, 2.75) is 38.1 Å². The van der Waals surface area contributed by atoms with E-state index in [9.17, 15) is 9.59 Å². The minimum atomic E-state index is -0.493. The van der Waals surface area contributed by atoms with Crippen molar-refractivity contribution in [3.63, 3.8) is 0 Å². The third kappa shape index (κ3) is 7.24. The number of carbonyl (C=O) groups excluding carboxylic acids is 2. The van der Waals surface area contributed by atoms with Gasteiger partial charge in [0.2, 0.25) is 0 Å². The molecular weight excluding hydrogens is 488 g/mol. The predicted octanol–water partition coefficient (Wildman–Crippen LogP) is 5.59. The van der Waals surface area contributed by atoms with Crippen LogP contribution in [0, 0.1) is 0 Å². The molecule has 2 atom stereocenters. The second kappa shape index (κ2) is 12.3. The van der Waals surface area contributed by atoms with Gasteiger partial charge in [-0.3, -0.25) is 4.79 Å². The number of alkyl carbamates (subject to hydrolysis) is 1. The van der Waals surface area contributed by atoms with E-state index in [1.54, 1.807) is 36.4 Å². The lowest BCUT2D eigenvalue weighted by atomic mass is 10.1. The van der Waals surface area contributed by atoms with E-state index in [1.807, 2.05) is 30.3 Å². The highest BCUT2D eigenvalue weighted by molar-refractivity contribution is 6.05. The lowest BCUT2D eigenvalue weighted by Gasteiger charge is -2.10. The maximum absolute atomic E-state index is 12.5. The number of para-hydroxylation sites is 2. The summed E-state index contributed by atoms with van der Waals surface area (Å²) < 4.78 is 5.38. The standard InChI is InChI=1S/C32H32N4O3/c33-28-8-4-5-9-29(28)36-31(37)26-16-10-23(11-17-26)20-35-32(38)39-21-24-12-14-25(15-13-24)27-18-30(27)34-19-22-6-2-1-3-7-22/h1-17,27,30,34H,18-21,33H2,(H,35,38)(H,36,37). The van der Waals surface area contributed by atoms with Crippen molar-refractivity contribution >= 4 is 23.4 Å². The fraction of sp³-hybridized carbons (Fsp3) is 0.188. The zero-order valence-electron chi connectivity index (χ0n) is 21.6. The van der Waals surface area contributed by atoms with Gasteiger partial charge in [0.05, 0.1) is 11.4 Å². The van der Waals surface area contributed by atoms with Gasteiger partial charge in [0.25, 0.3) is 5.91 Å². The topological polar surface area (TPSA) is 105 Å². The zero-order chi connectivity index (χ0) is 27.0. The molecule has 0 aromatic heterocycles. The molecule has 0 radical (unpaired) electrons. The summed E-state index contributed by atoms with van der Waals surface area (Å²) in [6.45, 7) is 1.38. The molecule has 5 N–H and O–H groups in total. The van der Waals surface area contributed by atoms with Gasteiger partial charge in [-0.25, -0.2) is 4.79 Å². The van der Waals surface area contributed by atoms with Crippen LogP contribution in [0.3, 0.4) is 0 Å². The second-order valence-electron chi connectivity index (χ2n) is 9.72. The smallest absolute Gasteiger partial charge is 0.407 e. The second-order valence-corrected chi connectivity index (χ2v) is 9.72. The Morgan fingerprint density at radius 1 is 0.769 bits per heavy atom. The van der Waals surface area contributed by atoms with Crippen LogP contribution >= 0.6 is 0 Å². The van der Waals surface area contributed by atoms with Crippen molar-refractivity contribution in [3.05, 3.63) is 131 Å². The molecule has 1 aliphatic rings. The van der Waals surface area contributed by atoms with Crippen molar-refractivity contribution < 1.29 is 14.3 Å². The monoisotopic (exact) mass is 520 g/mol. The lowest BCUT2D eigenvalue weighted by molar-refractivity contribution is 0.102. The van der Waals surface area contributed by atoms with E-state index in [0.717, 1.165) is 24.1 Å². The summed E-state index contributed by atoms with van der Waals surface area (Å²) in [5, 5.41) is 9.17. The first kappa shape index (κ1) is 26.0. The highest BCUT2D eigenvalue weighted by Gasteiger charge is 2.37. The highest BCUT2D eigenvalue weighted by atomic mass is 16.5. The zero-order valence-corrected chi connectivity index (χ0v) is 21.6. The van der Waals surface area contributed by atoms with E-state index in [1.165, 1.54) is 11.1 Å². The van der Waals surface area contributed by atoms with Crippen molar-refractivity contribution in [3.8, 4) is 0 Å². The number of nitrogen functional groups attached to an aromatic ring is 1. The van der Waals surface area contributed by atoms with Gasteiger partial charge in [-0.15, -0.1) is 0 Å². The van der Waals surface area contributed by atoms with Crippen LogP contribution in [0.15, 0.2) is 103 Å². The largest absolute Gasteiger partial charge is 0.445 e. The number of amides is 2. The first-order valence-corrected chi connectivity index (χ1v) is 13.1. The highest BCUT2D eigenvalue weighted by Crippen LogP contribution is 2.41. The summed E-state index contributed by atoms with van der Waals surface area (Å²) >= 11 is 0. The Morgan fingerprint density at radius 3 is 2.18 bits per heavy atom. The van der Waals surface area contributed by atoms with E-state index in [4.69, 9.17) is 10.5 Å². The molecule has 1 aliphatic carbocycles. The number of nitrogens with two attached hydrogens (primary N) is 1. The molecule has 0 bridgehead atoms. The molecule has 0 saturated heterocycles. The Balaban J connectivity index is 1.02. The van der Waals surface area contributed by atoms with Crippen LogP contribution < -0.4 is 21.7 Å². The average Bonchev–Trinajstić information content (AvgIpc) is 3.76. The summed E-state index contributed by atoms with van der Waals surface area (Å²) in [6, 6.07) is 33.3. The normalized spacial score (nSPS) is 15.8. The van der Waals surface area contributed by atoms with E-state index >= 15 is 0 Å². The maximum atomic E-state index is 12.5. The number of hydrogen-bond donors (Lipinski definition) is 4. The van der Waals surface area contributed by atoms with Crippen LogP contribution in [0.2, 0.25) is 0 Å². The quantitative estimate of drug-likeness (QED) is 0.204. The molecular formula is C32H32N4O3. The maximum Gasteiger partial charge on any atom is 0.407 e. The van der Waals surface area contributed by atoms with Crippen molar-refractivity contribution in [2.75, 3.05) is 11.1 Å². The molecule has 4 aromatic carbocycles. The molecule has 0 aliphatic heterocycles. The van der Waals surface area contributed by atoms with Gasteiger partial charge < -0.3 is 26.4 Å². The molecule has 39 heavy (non-hydrogen) atoms. The number of carbonyl (C=O) groups is 2. The number of ether oxygens (including phenoxy) is 1. The minimum absolute atomic E-state index is 0.203. The molecule has 2 amide bonds. The molecule has 1 fully saturated rings. The Hall–Kier alpha value is -4.62. The van der Waals surface area contributed by atoms with Crippen LogP contribution in [0.4, 0.5) is 16.2 Å². The van der Waals surface area contributed by atoms with E-state index < -0.39 is 6.09 Å². The molecule has 198 valence electrons. The molecule has 0 heterocycles. The van der Waals surface area contributed by atoms with Crippen molar-refractivity contribution in [1.82, 2.24) is 10.6 Å². The Bertz CT molecular complexity index is 1410. The van der Waals surface area contributed by atoms with Gasteiger partial charge in [0, 0.05) is 30.6 Å². The van der Waals surface area contributed by atoms with Crippen LogP contribution in [-0.4, -0.2) is 18.0 Å². The third-order valence-corrected chi connectivity index (χ3v) is 6.84. The number of rotatable bonds is 10. The number of nitrogens with one attached hydrogen (secondary N) is 3. The first-order valence-electron chi connectivity index (χ1n) is 13.1. The molecule has 1 saturated carbocycles. The molecule has 0 spiro atoms. The molecule has 4 aromatic rings. The first-order chi connectivity index (χ1) is 19.0. The van der Waals surface area contributed by atoms with Crippen molar-refractivity contribution in [2.24, 2.45) is 0 Å². The van der Waals surface area contributed by atoms with Crippen LogP contribution in [0.1, 0.15) is 45.0 Å². The van der Waals surface area contributed by atoms with Gasteiger partial charge in [0.15, 0.2) is 0 Å². The minimum Gasteiger partial charge on any atom is -0.445 e. The molecule has 5 rings (SSSR count). The van der Waals surface area contributed by atoms with E-state index in [-0.39, 0.29) is 12.5 Å². The Labute approximate surface area is 228 Å². The average molecular weight is 521 g/mol. The van der Waals surface area contributed by atoms with E-state index in [0.29, 0.717) is 35.4 Å². The van der Waals surface area contributed by atoms with Gasteiger partial charge in [0.1, 0.15) is 6.61 Å². The van der Waals surface area contributed by atoms with Gasteiger partial charge in [-0.2, -0.15) is 0 Å². The summed E-state index contributed by atoms with van der Waals surface area (Å²) in [4.78, 5) is 24.7. The third-order valence-electron chi connectivity index (χ3n) is 6.84. The predicted molar refractivity (Wildman–Crippen MR) is 153 cm³/mol. The number of hydrogen-bond acceptors (Lipinski definition) is 5. The van der Waals surface area contributed by atoms with Crippen LogP contribution in [-0.2, 0) is 24.4 Å². The van der Waals surface area contributed by atoms with Crippen LogP contribution in [0.5, 0.6) is 0 Å². The van der Waals surface area contributed by atoms with Crippen LogP contribution in [0.25, 0.3) is 0 Å². The summed E-state index contributed by atoms with van der Waals surface area (Å²) in [5.41, 5.74) is 11.8. The fourth-order valence-electron chi connectivity index (χ4n) is 4.45. The molecule has 7 nitrogen and oxygen atoms in total. The molecule has 2 unspecified atom stereocenters. The Morgan fingerprint density at radius 2 is 1.44 bits per heavy atom. The summed E-state index contributed by atoms with van der Waals surface area (Å²) in [5.74, 6) is 0.277.